The van der Waals surface area contributed by atoms with Crippen LogP contribution in [0, 0.1) is 0 Å². The number of anilines is 1. The maximum atomic E-state index is 14.4. The number of carboxylic acid groups (broad SMARTS) is 1. The van der Waals surface area contributed by atoms with Gasteiger partial charge in [0.2, 0.25) is 29.5 Å². The fourth-order valence-corrected chi connectivity index (χ4v) is 7.29. The zero-order chi connectivity index (χ0) is 43.3. The molecule has 1 aromatic heterocycles. The summed E-state index contributed by atoms with van der Waals surface area (Å²) in [6, 6.07) is 17.8. The van der Waals surface area contributed by atoms with E-state index < -0.39 is 59.8 Å². The van der Waals surface area contributed by atoms with E-state index in [-0.39, 0.29) is 38.1 Å². The number of aryl methyl sites for hydroxylation is 2. The molecule has 1 fully saturated rings. The molecule has 6 heterocycles. The van der Waals surface area contributed by atoms with E-state index in [1.54, 1.807) is 97.6 Å². The number of carbonyl (C=O) groups excluding carboxylic acids is 5. The Morgan fingerprint density at radius 1 is 0.885 bits per heavy atom. The highest BCUT2D eigenvalue weighted by Gasteiger charge is 2.39. The Labute approximate surface area is 354 Å². The van der Waals surface area contributed by atoms with Crippen LogP contribution in [-0.2, 0) is 61.0 Å². The lowest BCUT2D eigenvalue weighted by atomic mass is 10.0. The van der Waals surface area contributed by atoms with Crippen LogP contribution in [-0.4, -0.2) is 111 Å². The largest absolute Gasteiger partial charge is 0.494 e. The summed E-state index contributed by atoms with van der Waals surface area (Å²) in [6.07, 6.45) is 3.94. The van der Waals surface area contributed by atoms with Gasteiger partial charge < -0.3 is 41.3 Å². The molecule has 9 rings (SSSR count). The van der Waals surface area contributed by atoms with Gasteiger partial charge in [0.15, 0.2) is 0 Å². The van der Waals surface area contributed by atoms with Crippen LogP contribution >= 0.6 is 0 Å². The molecule has 61 heavy (non-hydrogen) atoms. The second-order valence-corrected chi connectivity index (χ2v) is 15.4. The van der Waals surface area contributed by atoms with Gasteiger partial charge in [-0.15, -0.1) is 5.10 Å². The van der Waals surface area contributed by atoms with E-state index in [1.807, 2.05) is 6.07 Å². The SMILES string of the molecule is CN[C@@H](C)C(=O)N[C@H]1Cc2ccc(cc2)NC(=O)CCc2cn(nn2)CCCOc2ccc(cc2)C[C@@H](C(=O)O)NC(=O)[C@H](Cc2ccccc2)NC(=O)[C@@H]2CCCN2C1=O. The molecule has 3 aromatic carbocycles. The number of nitrogens with zero attached hydrogens (tertiary/aromatic N) is 4. The summed E-state index contributed by atoms with van der Waals surface area (Å²) in [6.45, 7) is 2.83. The average molecular weight is 836 g/mol. The molecule has 0 unspecified atom stereocenters. The van der Waals surface area contributed by atoms with Crippen molar-refractivity contribution in [2.45, 2.75) is 95.0 Å². The lowest BCUT2D eigenvalue weighted by molar-refractivity contribution is -0.143. The van der Waals surface area contributed by atoms with Gasteiger partial charge in [-0.05, 0) is 67.8 Å². The predicted molar refractivity (Wildman–Crippen MR) is 224 cm³/mol. The van der Waals surface area contributed by atoms with E-state index in [4.69, 9.17) is 4.74 Å². The maximum absolute atomic E-state index is 14.4. The van der Waals surface area contributed by atoms with Gasteiger partial charge >= 0.3 is 5.97 Å². The number of aliphatic carboxylic acids is 1. The lowest BCUT2D eigenvalue weighted by Crippen LogP contribution is -2.58. The molecular weight excluding hydrogens is 783 g/mol. The van der Waals surface area contributed by atoms with E-state index in [9.17, 15) is 33.9 Å². The number of rotatable bonds is 6. The van der Waals surface area contributed by atoms with Gasteiger partial charge in [0, 0.05) is 63.5 Å². The highest BCUT2D eigenvalue weighted by Crippen LogP contribution is 2.22. The van der Waals surface area contributed by atoms with E-state index in [0.717, 1.165) is 5.56 Å². The molecule has 4 aromatic rings. The summed E-state index contributed by atoms with van der Waals surface area (Å²) in [7, 11) is 1.63. The first-order chi connectivity index (χ1) is 29.4. The monoisotopic (exact) mass is 835 g/mol. The van der Waals surface area contributed by atoms with Crippen LogP contribution in [0.2, 0.25) is 0 Å². The van der Waals surface area contributed by atoms with Gasteiger partial charge in [-0.2, -0.15) is 0 Å². The highest BCUT2D eigenvalue weighted by molar-refractivity contribution is 5.96. The van der Waals surface area contributed by atoms with Crippen LogP contribution in [0.3, 0.4) is 0 Å². The number of benzene rings is 3. The Bertz CT molecular complexity index is 2150. The van der Waals surface area contributed by atoms with E-state index in [2.05, 4.69) is 36.9 Å². The molecule has 0 spiro atoms. The van der Waals surface area contributed by atoms with Crippen molar-refractivity contribution in [3.05, 3.63) is 107 Å². The van der Waals surface area contributed by atoms with Crippen molar-refractivity contribution in [2.75, 3.05) is 25.5 Å². The number of hydrogen-bond donors (Lipinski definition) is 6. The van der Waals surface area contributed by atoms with Gasteiger partial charge in [0.05, 0.1) is 18.3 Å². The third-order valence-corrected chi connectivity index (χ3v) is 10.8. The second kappa shape index (κ2) is 21.1. The molecule has 5 amide bonds. The van der Waals surface area contributed by atoms with E-state index in [0.29, 0.717) is 67.1 Å². The van der Waals surface area contributed by atoms with Crippen LogP contribution in [0.1, 0.15) is 55.0 Å². The summed E-state index contributed by atoms with van der Waals surface area (Å²) in [5.74, 6) is -3.01. The Morgan fingerprint density at radius 3 is 2.33 bits per heavy atom. The smallest absolute Gasteiger partial charge is 0.326 e. The summed E-state index contributed by atoms with van der Waals surface area (Å²) in [5.41, 5.74) is 3.30. The summed E-state index contributed by atoms with van der Waals surface area (Å²) in [4.78, 5) is 82.4. The standard InChI is InChI=1S/C44H53N9O8/c1-28(45-2)40(55)48-36-25-30-11-15-32(16-12-30)46-39(54)20-17-33-27-52(51-50-33)21-7-23-61-34-18-13-31(14-19-34)26-37(44(59)60)49-41(56)35(24-29-8-4-3-5-9-29)47-42(57)38-10-6-22-53(38)43(36)58/h3-5,8-9,11-16,18-19,27-28,35-38,45H,6-7,10,17,20-26H2,1-2H3,(H,46,54)(H,47,57)(H,48,55)(H,49,56)(H,59,60)/t28-,35-,36-,37-,38-/m0/s1. The Morgan fingerprint density at radius 2 is 1.61 bits per heavy atom. The quantitative estimate of drug-likeness (QED) is 0.164. The maximum Gasteiger partial charge on any atom is 0.326 e. The van der Waals surface area contributed by atoms with Gasteiger partial charge in [-0.3, -0.25) is 28.7 Å². The van der Waals surface area contributed by atoms with Crippen LogP contribution in [0.5, 0.6) is 5.75 Å². The predicted octanol–water partition coefficient (Wildman–Crippen LogP) is 1.80. The molecule has 6 bridgehead atoms. The zero-order valence-corrected chi connectivity index (χ0v) is 34.3. The van der Waals surface area contributed by atoms with Crippen molar-refractivity contribution in [1.29, 1.82) is 0 Å². The Hall–Kier alpha value is -6.62. The molecule has 5 aliphatic heterocycles. The molecule has 17 nitrogen and oxygen atoms in total. The first kappa shape index (κ1) is 43.9. The molecule has 0 aliphatic carbocycles. The number of aromatic nitrogens is 3. The first-order valence-corrected chi connectivity index (χ1v) is 20.6. The van der Waals surface area contributed by atoms with Crippen molar-refractivity contribution in [3.63, 3.8) is 0 Å². The minimum Gasteiger partial charge on any atom is -0.494 e. The molecule has 17 heteroatoms. The molecule has 322 valence electrons. The minimum absolute atomic E-state index is 0.0312. The van der Waals surface area contributed by atoms with Crippen molar-refractivity contribution in [1.82, 2.24) is 41.2 Å². The van der Waals surface area contributed by atoms with Crippen molar-refractivity contribution in [2.24, 2.45) is 0 Å². The van der Waals surface area contributed by atoms with Crippen LogP contribution in [0.25, 0.3) is 0 Å². The molecule has 1 saturated heterocycles. The van der Waals surface area contributed by atoms with Crippen LogP contribution in [0.4, 0.5) is 5.69 Å². The molecule has 6 N–H and O–H groups in total. The highest BCUT2D eigenvalue weighted by atomic mass is 16.5. The molecule has 0 saturated carbocycles. The van der Waals surface area contributed by atoms with Crippen molar-refractivity contribution in [3.8, 4) is 5.75 Å². The molecular formula is C44H53N9O8. The summed E-state index contributed by atoms with van der Waals surface area (Å²) < 4.78 is 7.59. The number of likely N-dealkylation sites (N-methyl/N-ethyl adjacent to an activating group) is 1. The van der Waals surface area contributed by atoms with Crippen LogP contribution < -0.4 is 31.3 Å². The zero-order valence-electron chi connectivity index (χ0n) is 34.3. The number of ether oxygens (including phenoxy) is 1. The second-order valence-electron chi connectivity index (χ2n) is 15.4. The number of amides is 5. The third-order valence-electron chi connectivity index (χ3n) is 10.8. The molecule has 5 atom stereocenters. The van der Waals surface area contributed by atoms with Crippen molar-refractivity contribution < 1.29 is 38.6 Å². The van der Waals surface area contributed by atoms with Gasteiger partial charge in [0.25, 0.3) is 0 Å². The normalized spacial score (nSPS) is 21.5. The Kier molecular flexibility index (Phi) is 15.2. The summed E-state index contributed by atoms with van der Waals surface area (Å²) >= 11 is 0. The number of nitrogens with one attached hydrogen (secondary N) is 5. The number of carboxylic acids is 1. The third kappa shape index (κ3) is 12.5. The fourth-order valence-electron chi connectivity index (χ4n) is 7.29. The van der Waals surface area contributed by atoms with Crippen LogP contribution in [0.15, 0.2) is 85.1 Å². The van der Waals surface area contributed by atoms with Gasteiger partial charge in [-0.1, -0.05) is 59.8 Å². The molecule has 0 radical (unpaired) electrons. The first-order valence-electron chi connectivity index (χ1n) is 20.6. The lowest BCUT2D eigenvalue weighted by Gasteiger charge is -2.30. The molecule has 5 aliphatic rings. The van der Waals surface area contributed by atoms with E-state index in [1.165, 1.54) is 4.90 Å². The van der Waals surface area contributed by atoms with Crippen molar-refractivity contribution >= 4 is 41.2 Å². The fraction of sp³-hybridized carbons (Fsp3) is 0.409. The van der Waals surface area contributed by atoms with Gasteiger partial charge in [-0.25, -0.2) is 4.79 Å². The summed E-state index contributed by atoms with van der Waals surface area (Å²) in [5, 5.41) is 32.7. The number of carbonyl (C=O) groups is 6. The Balaban J connectivity index is 1.26. The van der Waals surface area contributed by atoms with E-state index >= 15 is 0 Å². The minimum atomic E-state index is -1.32. The number of hydrogen-bond acceptors (Lipinski definition) is 10. The van der Waals surface area contributed by atoms with Gasteiger partial charge in [0.1, 0.15) is 29.9 Å². The topological polar surface area (TPSA) is 226 Å². The average Bonchev–Trinajstić information content (AvgIpc) is 3.95.